The Labute approximate surface area is 140 Å². The Morgan fingerprint density at radius 1 is 0.958 bits per heavy atom. The standard InChI is InChI=1S/C18H22F2N2O2/c1-23-10-8-22(9-11-24-2)13-6-7-17(21)15(12-13)14-4-3-5-16(19)18(14)20/h3-7,12H,8-11,21H2,1-2H3. The summed E-state index contributed by atoms with van der Waals surface area (Å²) in [5.74, 6) is -1.80. The molecule has 0 bridgehead atoms. The van der Waals surface area contributed by atoms with Gasteiger partial charge in [-0.15, -0.1) is 0 Å². The number of ether oxygens (including phenoxy) is 2. The molecule has 0 aliphatic heterocycles. The van der Waals surface area contributed by atoms with Crippen molar-refractivity contribution in [3.8, 4) is 11.1 Å². The van der Waals surface area contributed by atoms with E-state index >= 15 is 0 Å². The van der Waals surface area contributed by atoms with Crippen LogP contribution in [0.4, 0.5) is 20.2 Å². The van der Waals surface area contributed by atoms with Crippen LogP contribution in [0.25, 0.3) is 11.1 Å². The van der Waals surface area contributed by atoms with Crippen LogP contribution in [0, 0.1) is 11.6 Å². The molecule has 0 aliphatic carbocycles. The molecule has 2 N–H and O–H groups in total. The van der Waals surface area contributed by atoms with Crippen LogP contribution in [-0.4, -0.2) is 40.5 Å². The van der Waals surface area contributed by atoms with Gasteiger partial charge in [0.2, 0.25) is 0 Å². The first-order valence-corrected chi connectivity index (χ1v) is 7.65. The molecule has 0 saturated heterocycles. The van der Waals surface area contributed by atoms with Crippen LogP contribution in [0.1, 0.15) is 0 Å². The molecule has 2 rings (SSSR count). The van der Waals surface area contributed by atoms with Crippen molar-refractivity contribution in [1.29, 1.82) is 0 Å². The molecule has 0 atom stereocenters. The molecule has 2 aromatic carbocycles. The number of hydrogen-bond donors (Lipinski definition) is 1. The van der Waals surface area contributed by atoms with Crippen molar-refractivity contribution in [2.24, 2.45) is 0 Å². The monoisotopic (exact) mass is 336 g/mol. The molecule has 0 aromatic heterocycles. The minimum Gasteiger partial charge on any atom is -0.398 e. The lowest BCUT2D eigenvalue weighted by molar-refractivity contribution is 0.190. The zero-order valence-electron chi connectivity index (χ0n) is 13.9. The van der Waals surface area contributed by atoms with E-state index in [-0.39, 0.29) is 5.56 Å². The molecule has 0 unspecified atom stereocenters. The highest BCUT2D eigenvalue weighted by molar-refractivity contribution is 5.80. The first-order valence-electron chi connectivity index (χ1n) is 7.65. The van der Waals surface area contributed by atoms with Crippen LogP contribution in [0.15, 0.2) is 36.4 Å². The molecule has 0 spiro atoms. The number of anilines is 2. The molecule has 130 valence electrons. The van der Waals surface area contributed by atoms with Crippen LogP contribution in [0.3, 0.4) is 0 Å². The van der Waals surface area contributed by atoms with E-state index in [1.807, 2.05) is 11.0 Å². The van der Waals surface area contributed by atoms with Gasteiger partial charge < -0.3 is 20.1 Å². The summed E-state index contributed by atoms with van der Waals surface area (Å²) in [7, 11) is 3.26. The number of rotatable bonds is 8. The third kappa shape index (κ3) is 4.21. The second kappa shape index (κ2) is 8.61. The highest BCUT2D eigenvalue weighted by atomic mass is 19.2. The predicted molar refractivity (Wildman–Crippen MR) is 92.2 cm³/mol. The maximum Gasteiger partial charge on any atom is 0.166 e. The molecule has 0 aliphatic rings. The summed E-state index contributed by atoms with van der Waals surface area (Å²) in [6, 6.07) is 9.37. The Balaban J connectivity index is 2.40. The molecule has 2 aromatic rings. The van der Waals surface area contributed by atoms with Crippen molar-refractivity contribution in [2.45, 2.75) is 0 Å². The Hall–Kier alpha value is -2.18. The Morgan fingerprint density at radius 2 is 1.62 bits per heavy atom. The zero-order valence-corrected chi connectivity index (χ0v) is 13.9. The lowest BCUT2D eigenvalue weighted by Crippen LogP contribution is -2.30. The van der Waals surface area contributed by atoms with Gasteiger partial charge in [-0.1, -0.05) is 12.1 Å². The van der Waals surface area contributed by atoms with Crippen LogP contribution in [-0.2, 0) is 9.47 Å². The molecule has 0 fully saturated rings. The highest BCUT2D eigenvalue weighted by Gasteiger charge is 2.15. The number of nitrogen functional groups attached to an aromatic ring is 1. The smallest absolute Gasteiger partial charge is 0.166 e. The van der Waals surface area contributed by atoms with Crippen LogP contribution < -0.4 is 10.6 Å². The average molecular weight is 336 g/mol. The summed E-state index contributed by atoms with van der Waals surface area (Å²) < 4.78 is 37.9. The molecule has 4 nitrogen and oxygen atoms in total. The quantitative estimate of drug-likeness (QED) is 0.751. The lowest BCUT2D eigenvalue weighted by Gasteiger charge is -2.25. The van der Waals surface area contributed by atoms with Crippen molar-refractivity contribution in [3.63, 3.8) is 0 Å². The van der Waals surface area contributed by atoms with E-state index in [0.717, 1.165) is 11.8 Å². The van der Waals surface area contributed by atoms with Gasteiger partial charge in [0.25, 0.3) is 0 Å². The fraction of sp³-hybridized carbons (Fsp3) is 0.333. The molecular formula is C18H22F2N2O2. The SMILES string of the molecule is COCCN(CCOC)c1ccc(N)c(-c2cccc(F)c2F)c1. The van der Waals surface area contributed by atoms with Crippen molar-refractivity contribution < 1.29 is 18.3 Å². The van der Waals surface area contributed by atoms with E-state index in [0.29, 0.717) is 37.6 Å². The predicted octanol–water partition coefficient (Wildman–Crippen LogP) is 3.31. The number of nitrogens with two attached hydrogens (primary N) is 1. The van der Waals surface area contributed by atoms with Crippen LogP contribution in [0.2, 0.25) is 0 Å². The first-order chi connectivity index (χ1) is 11.6. The molecule has 0 saturated carbocycles. The second-order valence-corrected chi connectivity index (χ2v) is 5.35. The van der Waals surface area contributed by atoms with Gasteiger partial charge in [-0.25, -0.2) is 8.78 Å². The van der Waals surface area contributed by atoms with E-state index in [9.17, 15) is 8.78 Å². The molecule has 0 radical (unpaired) electrons. The summed E-state index contributed by atoms with van der Waals surface area (Å²) in [6.45, 7) is 2.37. The normalized spacial score (nSPS) is 10.8. The van der Waals surface area contributed by atoms with Gasteiger partial charge in [-0.3, -0.25) is 0 Å². The molecule has 0 heterocycles. The van der Waals surface area contributed by atoms with Gasteiger partial charge in [0.1, 0.15) is 0 Å². The average Bonchev–Trinajstić information content (AvgIpc) is 2.58. The first kappa shape index (κ1) is 18.2. The fourth-order valence-electron chi connectivity index (χ4n) is 2.46. The van der Waals surface area contributed by atoms with E-state index in [1.165, 1.54) is 12.1 Å². The highest BCUT2D eigenvalue weighted by Crippen LogP contribution is 2.32. The maximum absolute atomic E-state index is 14.1. The fourth-order valence-corrected chi connectivity index (χ4v) is 2.46. The number of methoxy groups -OCH3 is 2. The van der Waals surface area contributed by atoms with Crippen LogP contribution in [0.5, 0.6) is 0 Å². The largest absolute Gasteiger partial charge is 0.398 e. The van der Waals surface area contributed by atoms with Crippen molar-refractivity contribution in [3.05, 3.63) is 48.0 Å². The van der Waals surface area contributed by atoms with Crippen molar-refractivity contribution >= 4 is 11.4 Å². The van der Waals surface area contributed by atoms with Crippen LogP contribution >= 0.6 is 0 Å². The number of halogens is 2. The van der Waals surface area contributed by atoms with Gasteiger partial charge >= 0.3 is 0 Å². The number of nitrogens with zero attached hydrogens (tertiary/aromatic N) is 1. The Morgan fingerprint density at radius 3 is 2.25 bits per heavy atom. The minimum atomic E-state index is -0.901. The summed E-state index contributed by atoms with van der Waals surface area (Å²) in [6.07, 6.45) is 0. The molecule has 24 heavy (non-hydrogen) atoms. The Bertz CT molecular complexity index is 672. The van der Waals surface area contributed by atoms with Gasteiger partial charge in [-0.2, -0.15) is 0 Å². The summed E-state index contributed by atoms with van der Waals surface area (Å²) in [4.78, 5) is 2.05. The van der Waals surface area contributed by atoms with Gasteiger partial charge in [0, 0.05) is 49.8 Å². The van der Waals surface area contributed by atoms with Gasteiger partial charge in [0.15, 0.2) is 11.6 Å². The van der Waals surface area contributed by atoms with Gasteiger partial charge in [-0.05, 0) is 24.3 Å². The number of hydrogen-bond acceptors (Lipinski definition) is 4. The lowest BCUT2D eigenvalue weighted by atomic mass is 10.0. The summed E-state index contributed by atoms with van der Waals surface area (Å²) in [5, 5.41) is 0. The van der Waals surface area contributed by atoms with Gasteiger partial charge in [0.05, 0.1) is 13.2 Å². The minimum absolute atomic E-state index is 0.146. The topological polar surface area (TPSA) is 47.7 Å². The van der Waals surface area contributed by atoms with E-state index in [1.54, 1.807) is 26.4 Å². The third-order valence-corrected chi connectivity index (χ3v) is 3.77. The summed E-state index contributed by atoms with van der Waals surface area (Å²) in [5.41, 5.74) is 7.83. The van der Waals surface area contributed by atoms with E-state index < -0.39 is 11.6 Å². The van der Waals surface area contributed by atoms with E-state index in [2.05, 4.69) is 0 Å². The Kier molecular flexibility index (Phi) is 6.52. The van der Waals surface area contributed by atoms with Crippen molar-refractivity contribution in [1.82, 2.24) is 0 Å². The molecule has 0 amide bonds. The zero-order chi connectivity index (χ0) is 17.5. The third-order valence-electron chi connectivity index (χ3n) is 3.77. The van der Waals surface area contributed by atoms with E-state index in [4.69, 9.17) is 15.2 Å². The second-order valence-electron chi connectivity index (χ2n) is 5.35. The molecule has 6 heteroatoms. The van der Waals surface area contributed by atoms with Crippen molar-refractivity contribution in [2.75, 3.05) is 51.2 Å². The molecular weight excluding hydrogens is 314 g/mol. The maximum atomic E-state index is 14.1. The number of benzene rings is 2. The summed E-state index contributed by atoms with van der Waals surface area (Å²) >= 11 is 0.